The van der Waals surface area contributed by atoms with Crippen LogP contribution in [0.4, 0.5) is 0 Å². The van der Waals surface area contributed by atoms with Gasteiger partial charge in [-0.25, -0.2) is 0 Å². The minimum Gasteiger partial charge on any atom is -0.300 e. The maximum Gasteiger partial charge on any atom is 0.133 e. The molecule has 16 heavy (non-hydrogen) atoms. The highest BCUT2D eigenvalue weighted by atomic mass is 28.3. The number of carbonyl (C=O) groups excluding carboxylic acids is 1. The fraction of sp³-hybridized carbons (Fsp3) is 0.929. The van der Waals surface area contributed by atoms with Crippen molar-refractivity contribution in [1.82, 2.24) is 0 Å². The number of hydrogen-bond donors (Lipinski definition) is 0. The molecule has 1 aliphatic rings. The Morgan fingerprint density at radius 2 is 1.94 bits per heavy atom. The lowest BCUT2D eigenvalue weighted by molar-refractivity contribution is -0.124. The van der Waals surface area contributed by atoms with Crippen LogP contribution in [0, 0.1) is 11.3 Å². The molecule has 1 nitrogen and oxygen atoms in total. The van der Waals surface area contributed by atoms with E-state index in [2.05, 4.69) is 33.5 Å². The largest absolute Gasteiger partial charge is 0.300 e. The van der Waals surface area contributed by atoms with Gasteiger partial charge in [-0.15, -0.1) is 0 Å². The minimum atomic E-state index is -0.890. The highest BCUT2D eigenvalue weighted by molar-refractivity contribution is 6.76. The normalized spacial score (nSPS) is 25.8. The molecule has 1 rings (SSSR count). The third kappa shape index (κ3) is 4.40. The van der Waals surface area contributed by atoms with Crippen molar-refractivity contribution in [1.29, 1.82) is 0 Å². The summed E-state index contributed by atoms with van der Waals surface area (Å²) in [7, 11) is -0.890. The average molecular weight is 240 g/mol. The summed E-state index contributed by atoms with van der Waals surface area (Å²) in [5.74, 6) is 1.14. The van der Waals surface area contributed by atoms with Crippen molar-refractivity contribution in [2.75, 3.05) is 0 Å². The summed E-state index contributed by atoms with van der Waals surface area (Å²) in [4.78, 5) is 11.5. The Kier molecular flexibility index (Phi) is 4.39. The van der Waals surface area contributed by atoms with Crippen LogP contribution in [0.1, 0.15) is 46.0 Å². The van der Waals surface area contributed by atoms with E-state index in [1.54, 1.807) is 0 Å². The van der Waals surface area contributed by atoms with Crippen molar-refractivity contribution in [3.05, 3.63) is 0 Å². The predicted octanol–water partition coefficient (Wildman–Crippen LogP) is 4.50. The van der Waals surface area contributed by atoms with E-state index in [0.717, 1.165) is 19.3 Å². The van der Waals surface area contributed by atoms with Gasteiger partial charge in [-0.2, -0.15) is 0 Å². The zero-order chi connectivity index (χ0) is 12.4. The van der Waals surface area contributed by atoms with Gasteiger partial charge in [-0.1, -0.05) is 46.0 Å². The molecule has 0 amide bonds. The fourth-order valence-electron chi connectivity index (χ4n) is 2.69. The molecule has 0 spiro atoms. The smallest absolute Gasteiger partial charge is 0.133 e. The van der Waals surface area contributed by atoms with Gasteiger partial charge in [-0.3, -0.25) is 4.79 Å². The Bertz CT molecular complexity index is 250. The third-order valence-corrected chi connectivity index (χ3v) is 5.96. The Balaban J connectivity index is 2.42. The van der Waals surface area contributed by atoms with Gasteiger partial charge < -0.3 is 0 Å². The van der Waals surface area contributed by atoms with E-state index < -0.39 is 8.07 Å². The van der Waals surface area contributed by atoms with Gasteiger partial charge in [-0.05, 0) is 24.2 Å². The van der Waals surface area contributed by atoms with E-state index in [1.165, 1.54) is 18.9 Å². The summed E-state index contributed by atoms with van der Waals surface area (Å²) < 4.78 is 0. The van der Waals surface area contributed by atoms with Crippen molar-refractivity contribution >= 4 is 13.9 Å². The Morgan fingerprint density at radius 3 is 2.50 bits per heavy atom. The van der Waals surface area contributed by atoms with Crippen LogP contribution in [-0.2, 0) is 4.79 Å². The summed E-state index contributed by atoms with van der Waals surface area (Å²) in [6.07, 6.45) is 5.36. The maximum absolute atomic E-state index is 11.5. The fourth-order valence-corrected chi connectivity index (χ4v) is 3.96. The van der Waals surface area contributed by atoms with E-state index in [4.69, 9.17) is 0 Å². The molecule has 0 saturated heterocycles. The molecular weight excluding hydrogens is 212 g/mol. The molecule has 0 bridgehead atoms. The quantitative estimate of drug-likeness (QED) is 0.661. The first-order valence-electron chi connectivity index (χ1n) is 6.72. The predicted molar refractivity (Wildman–Crippen MR) is 73.5 cm³/mol. The Hall–Kier alpha value is -0.113. The molecule has 0 heterocycles. The number of rotatable bonds is 4. The molecule has 0 unspecified atom stereocenters. The van der Waals surface area contributed by atoms with Gasteiger partial charge in [0, 0.05) is 20.9 Å². The standard InChI is InChI=1S/C14H28OSi/c1-14(2)9-8-13(15)11-12(14)7-6-10-16(3,4)5/h12H,6-11H2,1-5H3/t12-/m1/s1. The molecule has 0 N–H and O–H groups in total. The maximum atomic E-state index is 11.5. The second kappa shape index (κ2) is 5.03. The van der Waals surface area contributed by atoms with Crippen LogP contribution in [0.5, 0.6) is 0 Å². The van der Waals surface area contributed by atoms with Gasteiger partial charge in [0.1, 0.15) is 5.78 Å². The van der Waals surface area contributed by atoms with Crippen LogP contribution in [0.15, 0.2) is 0 Å². The average Bonchev–Trinajstić information content (AvgIpc) is 2.09. The third-order valence-electron chi connectivity index (χ3n) is 4.11. The Labute approximate surface area is 102 Å². The SMILES string of the molecule is CC1(C)CCC(=O)C[C@H]1CCC[Si](C)(C)C. The van der Waals surface area contributed by atoms with Crippen LogP contribution in [0.3, 0.4) is 0 Å². The monoisotopic (exact) mass is 240 g/mol. The number of hydrogen-bond acceptors (Lipinski definition) is 1. The lowest BCUT2D eigenvalue weighted by atomic mass is 9.67. The molecule has 2 heteroatoms. The van der Waals surface area contributed by atoms with Crippen molar-refractivity contribution in [3.8, 4) is 0 Å². The Morgan fingerprint density at radius 1 is 1.31 bits per heavy atom. The highest BCUT2D eigenvalue weighted by Gasteiger charge is 2.35. The van der Waals surface area contributed by atoms with Crippen LogP contribution in [0.25, 0.3) is 0 Å². The first kappa shape index (κ1) is 13.9. The van der Waals surface area contributed by atoms with Crippen LogP contribution in [0.2, 0.25) is 25.7 Å². The molecular formula is C14H28OSi. The van der Waals surface area contributed by atoms with Gasteiger partial charge in [0.2, 0.25) is 0 Å². The van der Waals surface area contributed by atoms with E-state index >= 15 is 0 Å². The zero-order valence-electron chi connectivity index (χ0n) is 11.7. The molecule has 1 fully saturated rings. The lowest BCUT2D eigenvalue weighted by Crippen LogP contribution is -2.32. The molecule has 0 radical (unpaired) electrons. The number of carbonyl (C=O) groups is 1. The number of Topliss-reactive ketones (excluding diaryl/α,β-unsaturated/α-hetero) is 1. The molecule has 0 aromatic carbocycles. The highest BCUT2D eigenvalue weighted by Crippen LogP contribution is 2.42. The summed E-state index contributed by atoms with van der Waals surface area (Å²) in [6, 6.07) is 1.41. The molecule has 94 valence electrons. The summed E-state index contributed by atoms with van der Waals surface area (Å²) in [5, 5.41) is 0. The van der Waals surface area contributed by atoms with Crippen molar-refractivity contribution < 1.29 is 4.79 Å². The summed E-state index contributed by atoms with van der Waals surface area (Å²) in [5.41, 5.74) is 0.396. The van der Waals surface area contributed by atoms with Crippen molar-refractivity contribution in [3.63, 3.8) is 0 Å². The molecule has 1 saturated carbocycles. The van der Waals surface area contributed by atoms with Gasteiger partial charge >= 0.3 is 0 Å². The first-order chi connectivity index (χ1) is 7.21. The van der Waals surface area contributed by atoms with E-state index in [0.29, 0.717) is 17.1 Å². The van der Waals surface area contributed by atoms with Gasteiger partial charge in [0.15, 0.2) is 0 Å². The van der Waals surface area contributed by atoms with Crippen molar-refractivity contribution in [2.24, 2.45) is 11.3 Å². The number of ketones is 1. The molecule has 1 aliphatic carbocycles. The van der Waals surface area contributed by atoms with Gasteiger partial charge in [0.25, 0.3) is 0 Å². The summed E-state index contributed by atoms with van der Waals surface area (Å²) >= 11 is 0. The second-order valence-corrected chi connectivity index (χ2v) is 13.0. The van der Waals surface area contributed by atoms with E-state index in [9.17, 15) is 4.79 Å². The van der Waals surface area contributed by atoms with Crippen LogP contribution >= 0.6 is 0 Å². The zero-order valence-corrected chi connectivity index (χ0v) is 12.7. The van der Waals surface area contributed by atoms with Crippen molar-refractivity contribution in [2.45, 2.75) is 71.6 Å². The van der Waals surface area contributed by atoms with Crippen LogP contribution < -0.4 is 0 Å². The van der Waals surface area contributed by atoms with E-state index in [1.807, 2.05) is 0 Å². The lowest BCUT2D eigenvalue weighted by Gasteiger charge is -2.38. The molecule has 0 aromatic heterocycles. The van der Waals surface area contributed by atoms with Crippen LogP contribution in [-0.4, -0.2) is 13.9 Å². The second-order valence-electron chi connectivity index (χ2n) is 7.38. The van der Waals surface area contributed by atoms with E-state index in [-0.39, 0.29) is 0 Å². The molecule has 0 aliphatic heterocycles. The minimum absolute atomic E-state index is 0.396. The summed E-state index contributed by atoms with van der Waals surface area (Å²) in [6.45, 7) is 12.0. The molecule has 1 atom stereocenters. The molecule has 0 aromatic rings. The first-order valence-corrected chi connectivity index (χ1v) is 10.4. The van der Waals surface area contributed by atoms with Gasteiger partial charge in [0.05, 0.1) is 0 Å². The topological polar surface area (TPSA) is 17.1 Å².